The fourth-order valence-corrected chi connectivity index (χ4v) is 1.61. The van der Waals surface area contributed by atoms with Gasteiger partial charge in [0.2, 0.25) is 5.91 Å². The molecular weight excluding hydrogens is 180 g/mol. The number of benzene rings is 1. The van der Waals surface area contributed by atoms with Gasteiger partial charge in [-0.1, -0.05) is 18.2 Å². The normalized spacial score (nSPS) is 19.4. The Balaban J connectivity index is 2.17. The van der Waals surface area contributed by atoms with Gasteiger partial charge in [0.25, 0.3) is 0 Å². The van der Waals surface area contributed by atoms with Gasteiger partial charge in [-0.15, -0.1) is 0 Å². The summed E-state index contributed by atoms with van der Waals surface area (Å²) in [7, 11) is 0. The number of amides is 1. The van der Waals surface area contributed by atoms with E-state index in [-0.39, 0.29) is 11.8 Å². The summed E-state index contributed by atoms with van der Waals surface area (Å²) in [5.41, 5.74) is 3.21. The second kappa shape index (κ2) is 3.67. The quantitative estimate of drug-likeness (QED) is 0.380. The van der Waals surface area contributed by atoms with Crippen LogP contribution in [0.5, 0.6) is 5.75 Å². The van der Waals surface area contributed by atoms with Crippen LogP contribution < -0.4 is 16.0 Å². The lowest BCUT2D eigenvalue weighted by atomic mass is 9.96. The molecule has 4 nitrogen and oxygen atoms in total. The number of para-hydroxylation sites is 1. The lowest BCUT2D eigenvalue weighted by molar-refractivity contribution is -0.126. The van der Waals surface area contributed by atoms with Crippen molar-refractivity contribution in [1.82, 2.24) is 5.43 Å². The first-order valence-corrected chi connectivity index (χ1v) is 4.52. The average Bonchev–Trinajstić information content (AvgIpc) is 2.27. The number of ether oxygens (including phenoxy) is 1. The van der Waals surface area contributed by atoms with Gasteiger partial charge in [-0.3, -0.25) is 10.2 Å². The molecule has 0 aromatic heterocycles. The minimum absolute atomic E-state index is 0.167. The van der Waals surface area contributed by atoms with Crippen LogP contribution in [-0.4, -0.2) is 12.5 Å². The highest BCUT2D eigenvalue weighted by atomic mass is 16.5. The molecule has 0 fully saturated rings. The highest BCUT2D eigenvalue weighted by Crippen LogP contribution is 2.26. The number of nitrogens with two attached hydrogens (primary N) is 1. The van der Waals surface area contributed by atoms with Crippen LogP contribution in [0.3, 0.4) is 0 Å². The Morgan fingerprint density at radius 3 is 3.07 bits per heavy atom. The molecule has 0 spiro atoms. The molecule has 1 heterocycles. The van der Waals surface area contributed by atoms with E-state index >= 15 is 0 Å². The van der Waals surface area contributed by atoms with Gasteiger partial charge < -0.3 is 4.74 Å². The highest BCUT2D eigenvalue weighted by Gasteiger charge is 2.24. The maximum absolute atomic E-state index is 11.3. The number of carbonyl (C=O) groups excluding carboxylic acids is 1. The molecular formula is C10H12N2O2. The van der Waals surface area contributed by atoms with Crippen molar-refractivity contribution in [2.75, 3.05) is 6.61 Å². The van der Waals surface area contributed by atoms with Gasteiger partial charge in [-0.2, -0.15) is 0 Å². The van der Waals surface area contributed by atoms with Crippen LogP contribution >= 0.6 is 0 Å². The number of nitrogens with one attached hydrogen (secondary N) is 1. The molecule has 1 aliphatic heterocycles. The molecule has 0 unspecified atom stereocenters. The third-order valence-corrected chi connectivity index (χ3v) is 2.39. The first kappa shape index (κ1) is 9.02. The fourth-order valence-electron chi connectivity index (χ4n) is 1.61. The molecule has 2 rings (SSSR count). The Morgan fingerprint density at radius 1 is 1.50 bits per heavy atom. The first-order chi connectivity index (χ1) is 6.81. The minimum Gasteiger partial charge on any atom is -0.492 e. The number of hydrogen-bond acceptors (Lipinski definition) is 3. The van der Waals surface area contributed by atoms with Gasteiger partial charge in [0.05, 0.1) is 5.92 Å². The van der Waals surface area contributed by atoms with Crippen molar-refractivity contribution in [1.29, 1.82) is 0 Å². The van der Waals surface area contributed by atoms with Crippen LogP contribution in [0.2, 0.25) is 0 Å². The van der Waals surface area contributed by atoms with E-state index in [0.717, 1.165) is 11.3 Å². The van der Waals surface area contributed by atoms with Crippen LogP contribution in [0, 0.1) is 5.92 Å². The predicted molar refractivity (Wildman–Crippen MR) is 51.5 cm³/mol. The third kappa shape index (κ3) is 1.56. The minimum atomic E-state index is -0.171. The third-order valence-electron chi connectivity index (χ3n) is 2.39. The monoisotopic (exact) mass is 192 g/mol. The molecule has 1 aliphatic rings. The molecule has 74 valence electrons. The van der Waals surface area contributed by atoms with Crippen molar-refractivity contribution < 1.29 is 9.53 Å². The summed E-state index contributed by atoms with van der Waals surface area (Å²) in [5, 5.41) is 0. The van der Waals surface area contributed by atoms with Crippen molar-refractivity contribution in [3.63, 3.8) is 0 Å². The van der Waals surface area contributed by atoms with Crippen LogP contribution in [-0.2, 0) is 11.2 Å². The van der Waals surface area contributed by atoms with E-state index in [4.69, 9.17) is 10.6 Å². The largest absolute Gasteiger partial charge is 0.492 e. The summed E-state index contributed by atoms with van der Waals surface area (Å²) in [4.78, 5) is 11.3. The lowest BCUT2D eigenvalue weighted by Gasteiger charge is -2.23. The molecule has 0 radical (unpaired) electrons. The first-order valence-electron chi connectivity index (χ1n) is 4.52. The molecule has 0 bridgehead atoms. The van der Waals surface area contributed by atoms with Gasteiger partial charge in [0, 0.05) is 0 Å². The molecule has 4 heteroatoms. The van der Waals surface area contributed by atoms with E-state index in [1.54, 1.807) is 0 Å². The molecule has 14 heavy (non-hydrogen) atoms. The molecule has 0 aliphatic carbocycles. The number of rotatable bonds is 1. The molecule has 1 amide bonds. The second-order valence-electron chi connectivity index (χ2n) is 3.33. The maximum atomic E-state index is 11.3. The second-order valence-corrected chi connectivity index (χ2v) is 3.33. The Kier molecular flexibility index (Phi) is 2.37. The SMILES string of the molecule is NNC(=O)[C@H]1COc2ccccc2C1. The van der Waals surface area contributed by atoms with Gasteiger partial charge in [-0.25, -0.2) is 5.84 Å². The van der Waals surface area contributed by atoms with Gasteiger partial charge in [-0.05, 0) is 18.1 Å². The van der Waals surface area contributed by atoms with Crippen molar-refractivity contribution in [2.45, 2.75) is 6.42 Å². The van der Waals surface area contributed by atoms with Crippen LogP contribution in [0.1, 0.15) is 5.56 Å². The molecule has 1 aromatic rings. The zero-order valence-electron chi connectivity index (χ0n) is 7.69. The van der Waals surface area contributed by atoms with E-state index in [1.807, 2.05) is 24.3 Å². The lowest BCUT2D eigenvalue weighted by Crippen LogP contribution is -2.40. The summed E-state index contributed by atoms with van der Waals surface area (Å²) < 4.78 is 5.44. The Bertz CT molecular complexity index is 352. The average molecular weight is 192 g/mol. The maximum Gasteiger partial charge on any atom is 0.240 e. The number of fused-ring (bicyclic) bond motifs is 1. The van der Waals surface area contributed by atoms with Gasteiger partial charge in [0.1, 0.15) is 12.4 Å². The summed E-state index contributed by atoms with van der Waals surface area (Å²) in [6.07, 6.45) is 0.694. The summed E-state index contributed by atoms with van der Waals surface area (Å²) >= 11 is 0. The number of hydrazine groups is 1. The summed E-state index contributed by atoms with van der Waals surface area (Å²) in [5.74, 6) is 5.60. The summed E-state index contributed by atoms with van der Waals surface area (Å²) in [6, 6.07) is 7.73. The Morgan fingerprint density at radius 2 is 2.29 bits per heavy atom. The van der Waals surface area contributed by atoms with Crippen LogP contribution in [0.4, 0.5) is 0 Å². The molecule has 0 saturated carbocycles. The molecule has 1 atom stereocenters. The molecule has 0 saturated heterocycles. The van der Waals surface area contributed by atoms with E-state index in [2.05, 4.69) is 5.43 Å². The van der Waals surface area contributed by atoms with E-state index < -0.39 is 0 Å². The standard InChI is InChI=1S/C10H12N2O2/c11-12-10(13)8-5-7-3-1-2-4-9(7)14-6-8/h1-4,8H,5-6,11H2,(H,12,13)/t8-/m1/s1. The smallest absolute Gasteiger partial charge is 0.240 e. The van der Waals surface area contributed by atoms with Crippen molar-refractivity contribution in [3.8, 4) is 5.75 Å². The highest BCUT2D eigenvalue weighted by molar-refractivity contribution is 5.78. The zero-order valence-corrected chi connectivity index (χ0v) is 7.69. The fraction of sp³-hybridized carbons (Fsp3) is 0.300. The van der Waals surface area contributed by atoms with E-state index in [0.29, 0.717) is 13.0 Å². The van der Waals surface area contributed by atoms with E-state index in [9.17, 15) is 4.79 Å². The van der Waals surface area contributed by atoms with Crippen LogP contribution in [0.25, 0.3) is 0 Å². The van der Waals surface area contributed by atoms with Crippen molar-refractivity contribution in [3.05, 3.63) is 29.8 Å². The van der Waals surface area contributed by atoms with Crippen molar-refractivity contribution in [2.24, 2.45) is 11.8 Å². The van der Waals surface area contributed by atoms with Crippen molar-refractivity contribution >= 4 is 5.91 Å². The Labute approximate surface area is 82.0 Å². The zero-order chi connectivity index (χ0) is 9.97. The van der Waals surface area contributed by atoms with Gasteiger partial charge in [0.15, 0.2) is 0 Å². The van der Waals surface area contributed by atoms with Crippen LogP contribution in [0.15, 0.2) is 24.3 Å². The Hall–Kier alpha value is -1.55. The molecule has 3 N–H and O–H groups in total. The van der Waals surface area contributed by atoms with Gasteiger partial charge >= 0.3 is 0 Å². The molecule has 1 aromatic carbocycles. The number of carbonyl (C=O) groups is 1. The predicted octanol–water partition coefficient (Wildman–Crippen LogP) is 0.228. The summed E-state index contributed by atoms with van der Waals surface area (Å²) in [6.45, 7) is 0.403. The van der Waals surface area contributed by atoms with E-state index in [1.165, 1.54) is 0 Å². The topological polar surface area (TPSA) is 64.3 Å². The number of hydrogen-bond donors (Lipinski definition) is 2.